The summed E-state index contributed by atoms with van der Waals surface area (Å²) >= 11 is 1.66. The third-order valence-electron chi connectivity index (χ3n) is 5.05. The van der Waals surface area contributed by atoms with E-state index in [1.54, 1.807) is 11.8 Å². The quantitative estimate of drug-likeness (QED) is 0.871. The summed E-state index contributed by atoms with van der Waals surface area (Å²) in [6.07, 6.45) is 2.85. The summed E-state index contributed by atoms with van der Waals surface area (Å²) in [6.45, 7) is 0. The average Bonchev–Trinajstić information content (AvgIpc) is 2.98. The highest BCUT2D eigenvalue weighted by Gasteiger charge is 2.55. The molecule has 1 heterocycles. The minimum absolute atomic E-state index is 0.153. The molecule has 2 aliphatic carbocycles. The van der Waals surface area contributed by atoms with Crippen LogP contribution in [-0.4, -0.2) is 34.2 Å². The molecular weight excluding hydrogens is 270 g/mol. The SMILES string of the molecule is O=C(NC1C2CCc3ccccc3C21)C1(O)CCSC1. The molecule has 4 heteroatoms. The molecule has 1 saturated heterocycles. The van der Waals surface area contributed by atoms with Crippen LogP contribution in [0.1, 0.15) is 29.9 Å². The van der Waals surface area contributed by atoms with Gasteiger partial charge in [-0.3, -0.25) is 4.79 Å². The van der Waals surface area contributed by atoms with Crippen molar-refractivity contribution in [2.45, 2.75) is 36.8 Å². The van der Waals surface area contributed by atoms with Crippen LogP contribution in [0.3, 0.4) is 0 Å². The van der Waals surface area contributed by atoms with Crippen molar-refractivity contribution in [3.8, 4) is 0 Å². The number of hydrogen-bond acceptors (Lipinski definition) is 3. The normalized spacial score (nSPS) is 38.0. The number of carbonyl (C=O) groups excluding carboxylic acids is 1. The lowest BCUT2D eigenvalue weighted by Crippen LogP contribution is -2.48. The fraction of sp³-hybridized carbons (Fsp3) is 0.562. The van der Waals surface area contributed by atoms with Crippen LogP contribution in [0.2, 0.25) is 0 Å². The van der Waals surface area contributed by atoms with Crippen molar-refractivity contribution in [3.05, 3.63) is 35.4 Å². The summed E-state index contributed by atoms with van der Waals surface area (Å²) in [7, 11) is 0. The van der Waals surface area contributed by atoms with Gasteiger partial charge in [0.15, 0.2) is 5.60 Å². The van der Waals surface area contributed by atoms with Gasteiger partial charge in [0.2, 0.25) is 0 Å². The summed E-state index contributed by atoms with van der Waals surface area (Å²) in [5, 5.41) is 13.4. The minimum Gasteiger partial charge on any atom is -0.379 e. The maximum absolute atomic E-state index is 12.3. The molecule has 1 aromatic carbocycles. The molecule has 2 N–H and O–H groups in total. The zero-order chi connectivity index (χ0) is 13.7. The molecule has 3 nitrogen and oxygen atoms in total. The number of amides is 1. The first-order valence-electron chi connectivity index (χ1n) is 7.38. The molecule has 3 aliphatic rings. The van der Waals surface area contributed by atoms with Crippen LogP contribution in [0.4, 0.5) is 0 Å². The van der Waals surface area contributed by atoms with E-state index in [1.807, 2.05) is 0 Å². The first-order valence-corrected chi connectivity index (χ1v) is 8.53. The van der Waals surface area contributed by atoms with Crippen LogP contribution in [0, 0.1) is 5.92 Å². The Bertz CT molecular complexity index is 553. The van der Waals surface area contributed by atoms with Gasteiger partial charge in [0, 0.05) is 17.7 Å². The summed E-state index contributed by atoms with van der Waals surface area (Å²) in [4.78, 5) is 12.3. The molecular formula is C16H19NO2S. The highest BCUT2D eigenvalue weighted by Crippen LogP contribution is 2.54. The molecule has 1 aliphatic heterocycles. The number of carbonyl (C=O) groups is 1. The van der Waals surface area contributed by atoms with E-state index in [0.29, 0.717) is 24.0 Å². The molecule has 4 rings (SSSR count). The standard InChI is InChI=1S/C16H19NO2S/c18-15(16(19)7-8-20-9-16)17-14-12-6-5-10-3-1-2-4-11(10)13(12)14/h1-4,12-14,19H,5-9H2,(H,17,18). The van der Waals surface area contributed by atoms with Crippen LogP contribution in [0.15, 0.2) is 24.3 Å². The zero-order valence-corrected chi connectivity index (χ0v) is 12.2. The molecule has 1 amide bonds. The summed E-state index contributed by atoms with van der Waals surface area (Å²) < 4.78 is 0. The average molecular weight is 289 g/mol. The molecule has 0 radical (unpaired) electrons. The highest BCUT2D eigenvalue weighted by molar-refractivity contribution is 7.99. The predicted molar refractivity (Wildman–Crippen MR) is 79.8 cm³/mol. The smallest absolute Gasteiger partial charge is 0.253 e. The van der Waals surface area contributed by atoms with Crippen molar-refractivity contribution < 1.29 is 9.90 Å². The molecule has 20 heavy (non-hydrogen) atoms. The van der Waals surface area contributed by atoms with Gasteiger partial charge in [0.05, 0.1) is 0 Å². The topological polar surface area (TPSA) is 49.3 Å². The molecule has 0 aromatic heterocycles. The van der Waals surface area contributed by atoms with E-state index in [-0.39, 0.29) is 11.9 Å². The molecule has 1 aromatic rings. The molecule has 0 spiro atoms. The second kappa shape index (κ2) is 4.50. The van der Waals surface area contributed by atoms with E-state index < -0.39 is 5.60 Å². The van der Waals surface area contributed by atoms with Gasteiger partial charge in [-0.2, -0.15) is 11.8 Å². The Kier molecular flexibility index (Phi) is 2.86. The van der Waals surface area contributed by atoms with Gasteiger partial charge in [0.1, 0.15) is 0 Å². The fourth-order valence-corrected chi connectivity index (χ4v) is 5.02. The van der Waals surface area contributed by atoms with Gasteiger partial charge in [0.25, 0.3) is 5.91 Å². The Balaban J connectivity index is 1.49. The third-order valence-corrected chi connectivity index (χ3v) is 6.23. The Morgan fingerprint density at radius 3 is 3.05 bits per heavy atom. The summed E-state index contributed by atoms with van der Waals surface area (Å²) in [6, 6.07) is 8.80. The molecule has 0 bridgehead atoms. The third kappa shape index (κ3) is 1.89. The van der Waals surface area contributed by atoms with Gasteiger partial charge in [-0.05, 0) is 42.1 Å². The van der Waals surface area contributed by atoms with Gasteiger partial charge >= 0.3 is 0 Å². The maximum Gasteiger partial charge on any atom is 0.253 e. The first kappa shape index (κ1) is 12.7. The summed E-state index contributed by atoms with van der Waals surface area (Å²) in [5.41, 5.74) is 1.71. The Labute approximate surface area is 123 Å². The molecule has 106 valence electrons. The largest absolute Gasteiger partial charge is 0.379 e. The van der Waals surface area contributed by atoms with E-state index in [0.717, 1.165) is 18.6 Å². The van der Waals surface area contributed by atoms with E-state index in [4.69, 9.17) is 0 Å². The maximum atomic E-state index is 12.3. The lowest BCUT2D eigenvalue weighted by atomic mass is 9.92. The van der Waals surface area contributed by atoms with Gasteiger partial charge < -0.3 is 10.4 Å². The number of rotatable bonds is 2. The number of fused-ring (bicyclic) bond motifs is 3. The lowest BCUT2D eigenvalue weighted by Gasteiger charge is -2.20. The van der Waals surface area contributed by atoms with Gasteiger partial charge in [-0.25, -0.2) is 0 Å². The van der Waals surface area contributed by atoms with Crippen molar-refractivity contribution in [1.29, 1.82) is 0 Å². The van der Waals surface area contributed by atoms with Crippen LogP contribution < -0.4 is 5.32 Å². The number of benzene rings is 1. The fourth-order valence-electron chi connectivity index (χ4n) is 3.78. The number of hydrogen-bond donors (Lipinski definition) is 2. The zero-order valence-electron chi connectivity index (χ0n) is 11.3. The molecule has 2 fully saturated rings. The van der Waals surface area contributed by atoms with Gasteiger partial charge in [-0.15, -0.1) is 0 Å². The monoisotopic (exact) mass is 289 g/mol. The van der Waals surface area contributed by atoms with Crippen LogP contribution in [0.25, 0.3) is 0 Å². The number of aliphatic hydroxyl groups is 1. The van der Waals surface area contributed by atoms with E-state index in [9.17, 15) is 9.90 Å². The molecule has 1 saturated carbocycles. The Hall–Kier alpha value is -1.00. The number of aryl methyl sites for hydroxylation is 1. The van der Waals surface area contributed by atoms with Crippen LogP contribution >= 0.6 is 11.8 Å². The number of nitrogens with one attached hydrogen (secondary N) is 1. The number of thioether (sulfide) groups is 1. The van der Waals surface area contributed by atoms with Crippen molar-refractivity contribution >= 4 is 17.7 Å². The van der Waals surface area contributed by atoms with Crippen LogP contribution in [-0.2, 0) is 11.2 Å². The predicted octanol–water partition coefficient (Wildman–Crippen LogP) is 1.70. The lowest BCUT2D eigenvalue weighted by molar-refractivity contribution is -0.137. The second-order valence-corrected chi connectivity index (χ2v) is 7.37. The van der Waals surface area contributed by atoms with Crippen molar-refractivity contribution in [1.82, 2.24) is 5.32 Å². The van der Waals surface area contributed by atoms with Crippen molar-refractivity contribution in [2.75, 3.05) is 11.5 Å². The van der Waals surface area contributed by atoms with Crippen LogP contribution in [0.5, 0.6) is 0 Å². The Morgan fingerprint density at radius 1 is 1.40 bits per heavy atom. The highest BCUT2D eigenvalue weighted by atomic mass is 32.2. The second-order valence-electron chi connectivity index (χ2n) is 6.26. The minimum atomic E-state index is -1.13. The Morgan fingerprint density at radius 2 is 2.25 bits per heavy atom. The molecule has 4 unspecified atom stereocenters. The van der Waals surface area contributed by atoms with E-state index >= 15 is 0 Å². The first-order chi connectivity index (χ1) is 9.69. The summed E-state index contributed by atoms with van der Waals surface area (Å²) in [5.74, 6) is 2.31. The van der Waals surface area contributed by atoms with Crippen molar-refractivity contribution in [2.24, 2.45) is 5.92 Å². The van der Waals surface area contributed by atoms with E-state index in [2.05, 4.69) is 29.6 Å². The molecule has 4 atom stereocenters. The van der Waals surface area contributed by atoms with E-state index in [1.165, 1.54) is 11.1 Å². The van der Waals surface area contributed by atoms with Gasteiger partial charge in [-0.1, -0.05) is 24.3 Å². The van der Waals surface area contributed by atoms with Crippen molar-refractivity contribution in [3.63, 3.8) is 0 Å².